The van der Waals surface area contributed by atoms with Gasteiger partial charge in [0.15, 0.2) is 0 Å². The van der Waals surface area contributed by atoms with Gasteiger partial charge >= 0.3 is 0 Å². The van der Waals surface area contributed by atoms with Gasteiger partial charge in [0.2, 0.25) is 11.8 Å². The van der Waals surface area contributed by atoms with Crippen molar-refractivity contribution in [1.82, 2.24) is 10.2 Å². The number of carbonyl (C=O) groups excluding carboxylic acids is 2. The molecule has 0 saturated heterocycles. The van der Waals surface area contributed by atoms with Gasteiger partial charge in [0.1, 0.15) is 6.04 Å². The average Bonchev–Trinajstić information content (AvgIpc) is 2.82. The highest BCUT2D eigenvalue weighted by Crippen LogP contribution is 2.19. The Morgan fingerprint density at radius 3 is 2.11 bits per heavy atom. The maximum atomic E-state index is 13.8. The molecule has 35 heavy (non-hydrogen) atoms. The van der Waals surface area contributed by atoms with Crippen LogP contribution in [0.25, 0.3) is 0 Å². The highest BCUT2D eigenvalue weighted by atomic mass is 35.5. The molecule has 0 aliphatic carbocycles. The van der Waals surface area contributed by atoms with E-state index in [4.69, 9.17) is 11.6 Å². The lowest BCUT2D eigenvalue weighted by Gasteiger charge is -2.32. The number of halogens is 1. The van der Waals surface area contributed by atoms with Crippen LogP contribution in [0.3, 0.4) is 0 Å². The molecule has 0 aliphatic heterocycles. The Hall–Kier alpha value is -3.11. The van der Waals surface area contributed by atoms with E-state index in [0.29, 0.717) is 18.0 Å². The number of rotatable bonds is 10. The number of amides is 2. The third-order valence-electron chi connectivity index (χ3n) is 6.18. The van der Waals surface area contributed by atoms with E-state index in [0.717, 1.165) is 34.2 Å². The summed E-state index contributed by atoms with van der Waals surface area (Å²) in [4.78, 5) is 29.1. The molecular formula is C30H35ClN2O2. The van der Waals surface area contributed by atoms with Gasteiger partial charge in [-0.2, -0.15) is 0 Å². The molecule has 2 unspecified atom stereocenters. The van der Waals surface area contributed by atoms with E-state index in [1.165, 1.54) is 0 Å². The van der Waals surface area contributed by atoms with Crippen LogP contribution in [0.4, 0.5) is 0 Å². The summed E-state index contributed by atoms with van der Waals surface area (Å²) in [7, 11) is 0. The first-order valence-corrected chi connectivity index (χ1v) is 12.6. The van der Waals surface area contributed by atoms with E-state index in [9.17, 15) is 9.59 Å². The lowest BCUT2D eigenvalue weighted by atomic mass is 10.00. The van der Waals surface area contributed by atoms with Crippen molar-refractivity contribution < 1.29 is 9.59 Å². The Bertz CT molecular complexity index is 1110. The number of aryl methyl sites for hydroxylation is 2. The fourth-order valence-corrected chi connectivity index (χ4v) is 4.35. The van der Waals surface area contributed by atoms with Gasteiger partial charge in [-0.05, 0) is 56.0 Å². The summed E-state index contributed by atoms with van der Waals surface area (Å²) in [5.41, 5.74) is 5.13. The summed E-state index contributed by atoms with van der Waals surface area (Å²) in [6, 6.07) is 22.9. The molecule has 1 N–H and O–H groups in total. The van der Waals surface area contributed by atoms with Crippen LogP contribution < -0.4 is 5.32 Å². The molecule has 0 radical (unpaired) electrons. The molecule has 3 rings (SSSR count). The van der Waals surface area contributed by atoms with E-state index >= 15 is 0 Å². The summed E-state index contributed by atoms with van der Waals surface area (Å²) < 4.78 is 0. The highest BCUT2D eigenvalue weighted by Gasteiger charge is 2.31. The van der Waals surface area contributed by atoms with E-state index in [1.54, 1.807) is 4.90 Å². The van der Waals surface area contributed by atoms with E-state index in [1.807, 2.05) is 94.4 Å². The van der Waals surface area contributed by atoms with Crippen LogP contribution >= 0.6 is 11.6 Å². The van der Waals surface area contributed by atoms with Crippen molar-refractivity contribution in [3.63, 3.8) is 0 Å². The summed E-state index contributed by atoms with van der Waals surface area (Å²) in [6.45, 7) is 8.41. The Labute approximate surface area is 214 Å². The van der Waals surface area contributed by atoms with Crippen molar-refractivity contribution in [1.29, 1.82) is 0 Å². The van der Waals surface area contributed by atoms with Crippen molar-refractivity contribution in [2.24, 2.45) is 0 Å². The minimum absolute atomic E-state index is 0.0210. The molecule has 3 aromatic rings. The molecule has 0 aromatic heterocycles. The monoisotopic (exact) mass is 490 g/mol. The molecule has 184 valence electrons. The number of carbonyl (C=O) groups is 2. The molecule has 4 nitrogen and oxygen atoms in total. The number of nitrogens with one attached hydrogen (secondary N) is 1. The van der Waals surface area contributed by atoms with Crippen LogP contribution in [-0.4, -0.2) is 28.8 Å². The number of hydrogen-bond acceptors (Lipinski definition) is 2. The van der Waals surface area contributed by atoms with Crippen LogP contribution in [-0.2, 0) is 29.0 Å². The van der Waals surface area contributed by atoms with Gasteiger partial charge < -0.3 is 10.2 Å². The molecule has 3 aromatic carbocycles. The van der Waals surface area contributed by atoms with Crippen molar-refractivity contribution in [2.75, 3.05) is 0 Å². The molecular weight excluding hydrogens is 456 g/mol. The lowest BCUT2D eigenvalue weighted by Crippen LogP contribution is -2.52. The molecule has 0 spiro atoms. The molecule has 0 saturated carbocycles. The predicted molar refractivity (Wildman–Crippen MR) is 143 cm³/mol. The molecule has 0 aliphatic rings. The molecule has 2 amide bonds. The highest BCUT2D eigenvalue weighted by molar-refractivity contribution is 6.30. The Balaban J connectivity index is 1.98. The van der Waals surface area contributed by atoms with Crippen molar-refractivity contribution in [3.8, 4) is 0 Å². The summed E-state index contributed by atoms with van der Waals surface area (Å²) >= 11 is 6.10. The summed E-state index contributed by atoms with van der Waals surface area (Å²) in [5.74, 6) is -0.212. The normalized spacial score (nSPS) is 12.6. The minimum Gasteiger partial charge on any atom is -0.352 e. The number of nitrogens with zero attached hydrogens (tertiary/aromatic N) is 1. The minimum atomic E-state index is -0.638. The van der Waals surface area contributed by atoms with Crippen molar-refractivity contribution in [2.45, 2.75) is 65.6 Å². The lowest BCUT2D eigenvalue weighted by molar-refractivity contribution is -0.141. The Morgan fingerprint density at radius 2 is 1.51 bits per heavy atom. The SMILES string of the molecule is CCC(C)NC(=O)C(Cc1ccccc1)N(Cc1ccc(Cl)cc1)C(=O)Cc1cc(C)cc(C)c1. The van der Waals surface area contributed by atoms with Crippen LogP contribution in [0.2, 0.25) is 5.02 Å². The van der Waals surface area contributed by atoms with E-state index < -0.39 is 6.04 Å². The average molecular weight is 491 g/mol. The zero-order valence-electron chi connectivity index (χ0n) is 21.1. The number of hydrogen-bond donors (Lipinski definition) is 1. The largest absolute Gasteiger partial charge is 0.352 e. The Morgan fingerprint density at radius 1 is 0.886 bits per heavy atom. The molecule has 0 bridgehead atoms. The topological polar surface area (TPSA) is 49.4 Å². The van der Waals surface area contributed by atoms with Gasteiger partial charge in [-0.15, -0.1) is 0 Å². The molecule has 2 atom stereocenters. The van der Waals surface area contributed by atoms with Crippen molar-refractivity contribution >= 4 is 23.4 Å². The summed E-state index contributed by atoms with van der Waals surface area (Å²) in [5, 5.41) is 3.74. The zero-order chi connectivity index (χ0) is 25.4. The van der Waals surface area contributed by atoms with Crippen LogP contribution in [0, 0.1) is 13.8 Å². The second-order valence-corrected chi connectivity index (χ2v) is 9.78. The van der Waals surface area contributed by atoms with Gasteiger partial charge in [-0.3, -0.25) is 9.59 Å². The standard InChI is InChI=1S/C30H35ClN2O2/c1-5-23(4)32-30(35)28(18-24-9-7-6-8-10-24)33(20-25-11-13-27(31)14-12-25)29(34)19-26-16-21(2)15-22(3)17-26/h6-17,23,28H,5,18-20H2,1-4H3,(H,32,35). The maximum absolute atomic E-state index is 13.8. The Kier molecular flexibility index (Phi) is 9.50. The van der Waals surface area contributed by atoms with E-state index in [-0.39, 0.29) is 24.3 Å². The quantitative estimate of drug-likeness (QED) is 0.376. The fourth-order valence-electron chi connectivity index (χ4n) is 4.23. The molecule has 0 fully saturated rings. The predicted octanol–water partition coefficient (Wildman–Crippen LogP) is 6.05. The first-order valence-electron chi connectivity index (χ1n) is 12.2. The van der Waals surface area contributed by atoms with Gasteiger partial charge in [0.25, 0.3) is 0 Å². The smallest absolute Gasteiger partial charge is 0.243 e. The first kappa shape index (κ1) is 26.5. The fraction of sp³-hybridized carbons (Fsp3) is 0.333. The van der Waals surface area contributed by atoms with E-state index in [2.05, 4.69) is 11.4 Å². The number of benzene rings is 3. The van der Waals surface area contributed by atoms with Gasteiger partial charge in [-0.25, -0.2) is 0 Å². The van der Waals surface area contributed by atoms with Crippen LogP contribution in [0.15, 0.2) is 72.8 Å². The third kappa shape index (κ3) is 7.97. The molecule has 0 heterocycles. The van der Waals surface area contributed by atoms with Crippen molar-refractivity contribution in [3.05, 3.63) is 106 Å². The van der Waals surface area contributed by atoms with Crippen LogP contribution in [0.1, 0.15) is 48.1 Å². The second-order valence-electron chi connectivity index (χ2n) is 9.34. The van der Waals surface area contributed by atoms with Gasteiger partial charge in [0, 0.05) is 24.0 Å². The van der Waals surface area contributed by atoms with Gasteiger partial charge in [0.05, 0.1) is 6.42 Å². The zero-order valence-corrected chi connectivity index (χ0v) is 21.8. The summed E-state index contributed by atoms with van der Waals surface area (Å²) in [6.07, 6.45) is 1.49. The van der Waals surface area contributed by atoms with Crippen LogP contribution in [0.5, 0.6) is 0 Å². The third-order valence-corrected chi connectivity index (χ3v) is 6.43. The molecule has 5 heteroatoms. The second kappa shape index (κ2) is 12.6. The first-order chi connectivity index (χ1) is 16.7. The maximum Gasteiger partial charge on any atom is 0.243 e. The van der Waals surface area contributed by atoms with Gasteiger partial charge in [-0.1, -0.05) is 90.3 Å².